The molecule has 0 atom stereocenters. The molecular formula is C11H8ClN3O2. The van der Waals surface area contributed by atoms with Crippen LogP contribution < -0.4 is 5.73 Å². The zero-order valence-electron chi connectivity index (χ0n) is 8.59. The highest BCUT2D eigenvalue weighted by molar-refractivity contribution is 6.30. The van der Waals surface area contributed by atoms with E-state index in [2.05, 4.69) is 9.97 Å². The lowest BCUT2D eigenvalue weighted by Crippen LogP contribution is -2.07. The van der Waals surface area contributed by atoms with Crippen molar-refractivity contribution in [2.75, 3.05) is 5.73 Å². The second kappa shape index (κ2) is 4.39. The fraction of sp³-hybridized carbons (Fsp3) is 0. The minimum Gasteiger partial charge on any atom is -0.476 e. The molecule has 0 saturated heterocycles. The Morgan fingerprint density at radius 3 is 2.53 bits per heavy atom. The summed E-state index contributed by atoms with van der Waals surface area (Å²) in [5.74, 6) is -1.22. The van der Waals surface area contributed by atoms with E-state index in [-0.39, 0.29) is 11.6 Å². The van der Waals surface area contributed by atoms with Crippen LogP contribution in [-0.4, -0.2) is 21.0 Å². The highest BCUT2D eigenvalue weighted by atomic mass is 35.5. The minimum absolute atomic E-state index is 0.0693. The van der Waals surface area contributed by atoms with Crippen LogP contribution in [0.15, 0.2) is 30.5 Å². The van der Waals surface area contributed by atoms with E-state index in [1.54, 1.807) is 24.3 Å². The fourth-order valence-electron chi connectivity index (χ4n) is 1.40. The Balaban J connectivity index is 2.58. The second-order valence-electron chi connectivity index (χ2n) is 3.30. The number of carboxylic acids is 1. The summed E-state index contributed by atoms with van der Waals surface area (Å²) in [6.45, 7) is 0. The zero-order chi connectivity index (χ0) is 12.4. The molecule has 1 heterocycles. The van der Waals surface area contributed by atoms with Crippen molar-refractivity contribution in [2.24, 2.45) is 0 Å². The zero-order valence-corrected chi connectivity index (χ0v) is 9.35. The van der Waals surface area contributed by atoms with Gasteiger partial charge in [0, 0.05) is 16.8 Å². The third-order valence-corrected chi connectivity index (χ3v) is 2.42. The number of hydrogen-bond donors (Lipinski definition) is 2. The second-order valence-corrected chi connectivity index (χ2v) is 3.74. The van der Waals surface area contributed by atoms with Gasteiger partial charge in [-0.15, -0.1) is 0 Å². The Kier molecular flexibility index (Phi) is 2.93. The number of carboxylic acid groups (broad SMARTS) is 1. The van der Waals surface area contributed by atoms with Crippen LogP contribution in [0.5, 0.6) is 0 Å². The number of carbonyl (C=O) groups is 1. The van der Waals surface area contributed by atoms with E-state index in [1.807, 2.05) is 0 Å². The van der Waals surface area contributed by atoms with Crippen LogP contribution >= 0.6 is 11.6 Å². The molecule has 0 unspecified atom stereocenters. The van der Waals surface area contributed by atoms with Crippen LogP contribution in [-0.2, 0) is 0 Å². The molecule has 6 heteroatoms. The third kappa shape index (κ3) is 2.34. The number of benzene rings is 1. The molecule has 17 heavy (non-hydrogen) atoms. The van der Waals surface area contributed by atoms with E-state index < -0.39 is 5.97 Å². The SMILES string of the molecule is Nc1ncc(-c2ccc(Cl)cc2)c(C(=O)O)n1. The summed E-state index contributed by atoms with van der Waals surface area (Å²) >= 11 is 5.76. The quantitative estimate of drug-likeness (QED) is 0.851. The highest BCUT2D eigenvalue weighted by Gasteiger charge is 2.14. The topological polar surface area (TPSA) is 89.1 Å². The number of rotatable bonds is 2. The molecule has 3 N–H and O–H groups in total. The first-order chi connectivity index (χ1) is 8.08. The number of halogens is 1. The van der Waals surface area contributed by atoms with Crippen molar-refractivity contribution in [1.29, 1.82) is 0 Å². The van der Waals surface area contributed by atoms with Gasteiger partial charge < -0.3 is 10.8 Å². The van der Waals surface area contributed by atoms with Gasteiger partial charge in [0.05, 0.1) is 0 Å². The molecule has 1 aromatic heterocycles. The molecule has 2 aromatic rings. The maximum absolute atomic E-state index is 11.0. The van der Waals surface area contributed by atoms with Crippen LogP contribution in [0.1, 0.15) is 10.5 Å². The highest BCUT2D eigenvalue weighted by Crippen LogP contribution is 2.23. The number of nitrogen functional groups attached to an aromatic ring is 1. The summed E-state index contributed by atoms with van der Waals surface area (Å²) in [6.07, 6.45) is 1.38. The molecule has 0 radical (unpaired) electrons. The Hall–Kier alpha value is -2.14. The third-order valence-electron chi connectivity index (χ3n) is 2.17. The first-order valence-electron chi connectivity index (χ1n) is 4.69. The first kappa shape index (κ1) is 11.3. The van der Waals surface area contributed by atoms with E-state index in [1.165, 1.54) is 6.20 Å². The molecule has 86 valence electrons. The van der Waals surface area contributed by atoms with Gasteiger partial charge in [0.25, 0.3) is 0 Å². The molecule has 0 spiro atoms. The average molecular weight is 250 g/mol. The van der Waals surface area contributed by atoms with Gasteiger partial charge in [-0.25, -0.2) is 14.8 Å². The minimum atomic E-state index is -1.15. The molecule has 0 amide bonds. The van der Waals surface area contributed by atoms with Gasteiger partial charge in [-0.05, 0) is 17.7 Å². The standard InChI is InChI=1S/C11H8ClN3O2/c12-7-3-1-6(2-4-7)8-5-14-11(13)15-9(8)10(16)17/h1-5H,(H,16,17)(H2,13,14,15). The van der Waals surface area contributed by atoms with E-state index in [0.29, 0.717) is 16.1 Å². The van der Waals surface area contributed by atoms with Gasteiger partial charge in [0.15, 0.2) is 5.69 Å². The normalized spacial score (nSPS) is 10.2. The lowest BCUT2D eigenvalue weighted by molar-refractivity contribution is 0.0691. The smallest absolute Gasteiger partial charge is 0.355 e. The van der Waals surface area contributed by atoms with Gasteiger partial charge in [-0.1, -0.05) is 23.7 Å². The molecule has 0 aliphatic heterocycles. The van der Waals surface area contributed by atoms with Gasteiger partial charge in [-0.2, -0.15) is 0 Å². The maximum Gasteiger partial charge on any atom is 0.355 e. The van der Waals surface area contributed by atoms with Crippen molar-refractivity contribution in [2.45, 2.75) is 0 Å². The monoisotopic (exact) mass is 249 g/mol. The van der Waals surface area contributed by atoms with Gasteiger partial charge in [0.1, 0.15) is 0 Å². The molecule has 1 aromatic carbocycles. The van der Waals surface area contributed by atoms with Crippen molar-refractivity contribution in [3.05, 3.63) is 41.2 Å². The number of aromatic nitrogens is 2. The van der Waals surface area contributed by atoms with Crippen LogP contribution in [0.4, 0.5) is 5.95 Å². The Morgan fingerprint density at radius 1 is 1.29 bits per heavy atom. The van der Waals surface area contributed by atoms with Gasteiger partial charge >= 0.3 is 5.97 Å². The fourth-order valence-corrected chi connectivity index (χ4v) is 1.53. The molecule has 5 nitrogen and oxygen atoms in total. The first-order valence-corrected chi connectivity index (χ1v) is 5.07. The van der Waals surface area contributed by atoms with Crippen molar-refractivity contribution < 1.29 is 9.90 Å². The summed E-state index contributed by atoms with van der Waals surface area (Å²) in [5.41, 5.74) is 6.31. The largest absolute Gasteiger partial charge is 0.476 e. The molecule has 0 aliphatic rings. The number of aromatic carboxylic acids is 1. The maximum atomic E-state index is 11.0. The van der Waals surface area contributed by atoms with E-state index in [4.69, 9.17) is 22.4 Å². The molecular weight excluding hydrogens is 242 g/mol. The van der Waals surface area contributed by atoms with Crippen LogP contribution in [0, 0.1) is 0 Å². The lowest BCUT2D eigenvalue weighted by atomic mass is 10.1. The number of anilines is 1. The Morgan fingerprint density at radius 2 is 1.94 bits per heavy atom. The molecule has 0 fully saturated rings. The van der Waals surface area contributed by atoms with Gasteiger partial charge in [0.2, 0.25) is 5.95 Å². The predicted octanol–water partition coefficient (Wildman–Crippen LogP) is 2.08. The summed E-state index contributed by atoms with van der Waals surface area (Å²) in [5, 5.41) is 9.61. The van der Waals surface area contributed by atoms with E-state index in [9.17, 15) is 4.79 Å². The van der Waals surface area contributed by atoms with Crippen LogP contribution in [0.2, 0.25) is 5.02 Å². The van der Waals surface area contributed by atoms with Crippen molar-refractivity contribution in [1.82, 2.24) is 9.97 Å². The average Bonchev–Trinajstić information content (AvgIpc) is 2.30. The van der Waals surface area contributed by atoms with Crippen LogP contribution in [0.3, 0.4) is 0 Å². The number of nitrogens with two attached hydrogens (primary N) is 1. The number of hydrogen-bond acceptors (Lipinski definition) is 4. The molecule has 0 bridgehead atoms. The van der Waals surface area contributed by atoms with Crippen LogP contribution in [0.25, 0.3) is 11.1 Å². The van der Waals surface area contributed by atoms with Crippen molar-refractivity contribution in [3.63, 3.8) is 0 Å². The number of nitrogens with zero attached hydrogens (tertiary/aromatic N) is 2. The van der Waals surface area contributed by atoms with Crippen molar-refractivity contribution in [3.8, 4) is 11.1 Å². The summed E-state index contributed by atoms with van der Waals surface area (Å²) < 4.78 is 0. The van der Waals surface area contributed by atoms with Gasteiger partial charge in [-0.3, -0.25) is 0 Å². The van der Waals surface area contributed by atoms with E-state index in [0.717, 1.165) is 0 Å². The lowest BCUT2D eigenvalue weighted by Gasteiger charge is -2.05. The molecule has 0 saturated carbocycles. The summed E-state index contributed by atoms with van der Waals surface area (Å²) in [7, 11) is 0. The van der Waals surface area contributed by atoms with Crippen molar-refractivity contribution >= 4 is 23.5 Å². The summed E-state index contributed by atoms with van der Waals surface area (Å²) in [6, 6.07) is 6.73. The Labute approximate surface area is 102 Å². The summed E-state index contributed by atoms with van der Waals surface area (Å²) in [4.78, 5) is 18.5. The predicted molar refractivity (Wildman–Crippen MR) is 63.8 cm³/mol. The molecule has 2 rings (SSSR count). The van der Waals surface area contributed by atoms with E-state index >= 15 is 0 Å². The Bertz CT molecular complexity index is 569. The molecule has 0 aliphatic carbocycles.